The first-order chi connectivity index (χ1) is 12.8. The van der Waals surface area contributed by atoms with Crippen molar-refractivity contribution in [2.24, 2.45) is 4.99 Å². The molecule has 5 nitrogen and oxygen atoms in total. The molecule has 0 saturated carbocycles. The molecule has 0 radical (unpaired) electrons. The van der Waals surface area contributed by atoms with Gasteiger partial charge in [-0.05, 0) is 42.7 Å². The van der Waals surface area contributed by atoms with Gasteiger partial charge in [0.05, 0.1) is 15.1 Å². The highest BCUT2D eigenvalue weighted by molar-refractivity contribution is 7.98. The summed E-state index contributed by atoms with van der Waals surface area (Å²) in [4.78, 5) is 17.6. The predicted molar refractivity (Wildman–Crippen MR) is 113 cm³/mol. The van der Waals surface area contributed by atoms with Gasteiger partial charge in [-0.1, -0.05) is 29.0 Å². The fraction of sp³-hybridized carbons (Fsp3) is 0.222. The Labute approximate surface area is 170 Å². The molecule has 0 aliphatic rings. The molecule has 0 aliphatic carbocycles. The highest BCUT2D eigenvalue weighted by atomic mass is 35.5. The number of rotatable bonds is 5. The first-order valence-corrected chi connectivity index (χ1v) is 12.4. The van der Waals surface area contributed by atoms with Crippen molar-refractivity contribution in [3.05, 3.63) is 57.9 Å². The Morgan fingerprint density at radius 2 is 2.04 bits per heavy atom. The summed E-state index contributed by atoms with van der Waals surface area (Å²) in [5, 5.41) is 0.473. The predicted octanol–water partition coefficient (Wildman–Crippen LogP) is 3.86. The van der Waals surface area contributed by atoms with Gasteiger partial charge in [0.25, 0.3) is 5.91 Å². The molecule has 2 aromatic carbocycles. The fourth-order valence-electron chi connectivity index (χ4n) is 2.54. The second kappa shape index (κ2) is 8.18. The number of aromatic nitrogens is 1. The molecule has 0 unspecified atom stereocenters. The molecule has 0 aliphatic heterocycles. The number of thioether (sulfide) groups is 1. The second-order valence-corrected chi connectivity index (χ2v) is 10.3. The standard InChI is InChI=1S/C18H17ClN2O3S3/c1-25-9-8-21-15-7-6-14(27(2,23)24)11-16(15)26-18(21)20-17(22)12-4-3-5-13(19)10-12/h3-7,10-11H,8-9H2,1-2H3. The number of carbonyl (C=O) groups excluding carboxylic acids is 1. The third-order valence-electron chi connectivity index (χ3n) is 3.87. The van der Waals surface area contributed by atoms with Crippen LogP contribution in [0.4, 0.5) is 0 Å². The Morgan fingerprint density at radius 1 is 1.26 bits per heavy atom. The van der Waals surface area contributed by atoms with Crippen LogP contribution in [0, 0.1) is 0 Å². The van der Waals surface area contributed by atoms with E-state index in [2.05, 4.69) is 4.99 Å². The maximum atomic E-state index is 12.6. The molecule has 3 rings (SSSR count). The van der Waals surface area contributed by atoms with E-state index in [0.717, 1.165) is 16.0 Å². The van der Waals surface area contributed by atoms with Crippen LogP contribution >= 0.6 is 34.7 Å². The van der Waals surface area contributed by atoms with Gasteiger partial charge < -0.3 is 4.57 Å². The molecule has 0 N–H and O–H groups in total. The molecule has 0 fully saturated rings. The molecule has 142 valence electrons. The quantitative estimate of drug-likeness (QED) is 0.604. The van der Waals surface area contributed by atoms with Crippen molar-refractivity contribution < 1.29 is 13.2 Å². The van der Waals surface area contributed by atoms with E-state index in [4.69, 9.17) is 11.6 Å². The maximum Gasteiger partial charge on any atom is 0.279 e. The summed E-state index contributed by atoms with van der Waals surface area (Å²) in [6.45, 7) is 0.668. The molecule has 9 heteroatoms. The summed E-state index contributed by atoms with van der Waals surface area (Å²) >= 11 is 8.95. The summed E-state index contributed by atoms with van der Waals surface area (Å²) in [5.41, 5.74) is 1.27. The van der Waals surface area contributed by atoms with Gasteiger partial charge in [0, 0.05) is 29.1 Å². The van der Waals surface area contributed by atoms with E-state index in [1.807, 2.05) is 10.8 Å². The molecule has 27 heavy (non-hydrogen) atoms. The van der Waals surface area contributed by atoms with Gasteiger partial charge in [-0.15, -0.1) is 0 Å². The molecule has 3 aromatic rings. The van der Waals surface area contributed by atoms with E-state index in [1.165, 1.54) is 17.6 Å². The second-order valence-electron chi connectivity index (χ2n) is 5.86. The molecule has 0 spiro atoms. The van der Waals surface area contributed by atoms with Gasteiger partial charge in [-0.2, -0.15) is 16.8 Å². The first kappa shape index (κ1) is 20.1. The van der Waals surface area contributed by atoms with Crippen LogP contribution in [0.2, 0.25) is 5.02 Å². The van der Waals surface area contributed by atoms with E-state index in [1.54, 1.807) is 54.2 Å². The van der Waals surface area contributed by atoms with E-state index >= 15 is 0 Å². The largest absolute Gasteiger partial charge is 0.316 e. The molecular weight excluding hydrogens is 424 g/mol. The topological polar surface area (TPSA) is 68.5 Å². The Kier molecular flexibility index (Phi) is 6.10. The van der Waals surface area contributed by atoms with E-state index in [-0.39, 0.29) is 10.8 Å². The minimum atomic E-state index is -3.30. The molecule has 1 aromatic heterocycles. The van der Waals surface area contributed by atoms with Crippen LogP contribution in [-0.4, -0.2) is 37.2 Å². The maximum absolute atomic E-state index is 12.6. The monoisotopic (exact) mass is 440 g/mol. The van der Waals surface area contributed by atoms with Crippen LogP contribution in [-0.2, 0) is 16.4 Å². The number of amides is 1. The fourth-order valence-corrected chi connectivity index (χ4v) is 4.91. The van der Waals surface area contributed by atoms with Crippen molar-refractivity contribution in [2.45, 2.75) is 11.4 Å². The Morgan fingerprint density at radius 3 is 2.70 bits per heavy atom. The van der Waals surface area contributed by atoms with Crippen LogP contribution in [0.25, 0.3) is 10.2 Å². The zero-order valence-electron chi connectivity index (χ0n) is 14.7. The smallest absolute Gasteiger partial charge is 0.279 e. The molecule has 1 heterocycles. The number of nitrogens with zero attached hydrogens (tertiary/aromatic N) is 2. The number of hydrogen-bond donors (Lipinski definition) is 0. The third kappa shape index (κ3) is 4.63. The Hall–Kier alpha value is -1.61. The van der Waals surface area contributed by atoms with Crippen molar-refractivity contribution in [1.82, 2.24) is 4.57 Å². The number of sulfone groups is 1. The number of thiazole rings is 1. The minimum Gasteiger partial charge on any atom is -0.316 e. The van der Waals surface area contributed by atoms with E-state index in [0.29, 0.717) is 21.9 Å². The lowest BCUT2D eigenvalue weighted by atomic mass is 10.2. The van der Waals surface area contributed by atoms with Crippen molar-refractivity contribution in [2.75, 3.05) is 18.3 Å². The summed E-state index contributed by atoms with van der Waals surface area (Å²) in [5.74, 6) is 0.461. The van der Waals surface area contributed by atoms with Crippen molar-refractivity contribution >= 4 is 60.7 Å². The molecule has 0 saturated heterocycles. The zero-order valence-corrected chi connectivity index (χ0v) is 17.9. The Balaban J connectivity index is 2.16. The molecule has 0 atom stereocenters. The van der Waals surface area contributed by atoms with Crippen LogP contribution in [0.3, 0.4) is 0 Å². The average Bonchev–Trinajstić information content (AvgIpc) is 2.95. The molecular formula is C18H17ClN2O3S3. The molecule has 1 amide bonds. The zero-order chi connectivity index (χ0) is 19.6. The number of benzene rings is 2. The van der Waals surface area contributed by atoms with Gasteiger partial charge in [0.15, 0.2) is 14.6 Å². The number of halogens is 1. The summed E-state index contributed by atoms with van der Waals surface area (Å²) in [6, 6.07) is 11.6. The lowest BCUT2D eigenvalue weighted by molar-refractivity contribution is 0.0998. The summed E-state index contributed by atoms with van der Waals surface area (Å²) < 4.78 is 26.4. The highest BCUT2D eigenvalue weighted by Crippen LogP contribution is 2.22. The van der Waals surface area contributed by atoms with Crippen LogP contribution in [0.5, 0.6) is 0 Å². The van der Waals surface area contributed by atoms with E-state index < -0.39 is 9.84 Å². The molecule has 0 bridgehead atoms. The average molecular weight is 441 g/mol. The summed E-state index contributed by atoms with van der Waals surface area (Å²) in [6.07, 6.45) is 3.18. The van der Waals surface area contributed by atoms with Gasteiger partial charge in [-0.3, -0.25) is 4.79 Å². The minimum absolute atomic E-state index is 0.251. The van der Waals surface area contributed by atoms with Crippen LogP contribution in [0.15, 0.2) is 52.4 Å². The van der Waals surface area contributed by atoms with Crippen LogP contribution in [0.1, 0.15) is 10.4 Å². The van der Waals surface area contributed by atoms with Crippen molar-refractivity contribution in [3.8, 4) is 0 Å². The lowest BCUT2D eigenvalue weighted by Crippen LogP contribution is -2.18. The number of fused-ring (bicyclic) bond motifs is 1. The number of aryl methyl sites for hydroxylation is 1. The van der Waals surface area contributed by atoms with Gasteiger partial charge in [0.1, 0.15) is 0 Å². The van der Waals surface area contributed by atoms with Gasteiger partial charge >= 0.3 is 0 Å². The third-order valence-corrected chi connectivity index (χ3v) is 6.85. The lowest BCUT2D eigenvalue weighted by Gasteiger charge is -2.04. The van der Waals surface area contributed by atoms with Gasteiger partial charge in [0.2, 0.25) is 0 Å². The SMILES string of the molecule is CSCCn1c(=NC(=O)c2cccc(Cl)c2)sc2cc(S(C)(=O)=O)ccc21. The Bertz CT molecular complexity index is 1180. The number of carbonyl (C=O) groups is 1. The normalized spacial score (nSPS) is 12.6. The van der Waals surface area contributed by atoms with E-state index in [9.17, 15) is 13.2 Å². The van der Waals surface area contributed by atoms with Gasteiger partial charge in [-0.25, -0.2) is 8.42 Å². The first-order valence-electron chi connectivity index (χ1n) is 7.96. The highest BCUT2D eigenvalue weighted by Gasteiger charge is 2.13. The summed E-state index contributed by atoms with van der Waals surface area (Å²) in [7, 11) is -3.30. The van der Waals surface area contributed by atoms with Crippen molar-refractivity contribution in [3.63, 3.8) is 0 Å². The number of hydrogen-bond acceptors (Lipinski definition) is 5. The van der Waals surface area contributed by atoms with Crippen LogP contribution < -0.4 is 4.80 Å². The van der Waals surface area contributed by atoms with Crippen molar-refractivity contribution in [1.29, 1.82) is 0 Å².